The van der Waals surface area contributed by atoms with Gasteiger partial charge in [0.2, 0.25) is 5.91 Å². The summed E-state index contributed by atoms with van der Waals surface area (Å²) in [5, 5.41) is 6.87. The van der Waals surface area contributed by atoms with Crippen molar-refractivity contribution in [1.82, 2.24) is 15.5 Å². The highest BCUT2D eigenvalue weighted by Crippen LogP contribution is 2.27. The number of likely N-dealkylation sites (tertiary alicyclic amines) is 1. The molecule has 0 aromatic carbocycles. The summed E-state index contributed by atoms with van der Waals surface area (Å²) in [6, 6.07) is 4.12. The highest BCUT2D eigenvalue weighted by atomic mass is 16.3. The molecule has 6 nitrogen and oxygen atoms in total. The predicted octanol–water partition coefficient (Wildman–Crippen LogP) is 2.72. The molecule has 6 heteroatoms. The lowest BCUT2D eigenvalue weighted by Gasteiger charge is -2.21. The van der Waals surface area contributed by atoms with Gasteiger partial charge in [-0.25, -0.2) is 4.99 Å². The number of guanidine groups is 1. The molecule has 1 aliphatic carbocycles. The first-order chi connectivity index (χ1) is 13.1. The highest BCUT2D eigenvalue weighted by Gasteiger charge is 2.32. The molecule has 148 valence electrons. The third-order valence-corrected chi connectivity index (χ3v) is 5.30. The van der Waals surface area contributed by atoms with Crippen molar-refractivity contribution in [2.24, 2.45) is 10.9 Å². The minimum absolute atomic E-state index is 0.246. The molecule has 0 radical (unpaired) electrons. The molecule has 0 spiro atoms. The Bertz CT molecular complexity index is 647. The van der Waals surface area contributed by atoms with Crippen molar-refractivity contribution in [3.05, 3.63) is 36.3 Å². The van der Waals surface area contributed by atoms with Gasteiger partial charge in [-0.05, 0) is 38.3 Å². The van der Waals surface area contributed by atoms with Crippen LogP contribution >= 0.6 is 0 Å². The van der Waals surface area contributed by atoms with E-state index in [-0.39, 0.29) is 12.0 Å². The third kappa shape index (κ3) is 5.88. The van der Waals surface area contributed by atoms with Crippen molar-refractivity contribution in [3.63, 3.8) is 0 Å². The van der Waals surface area contributed by atoms with Crippen molar-refractivity contribution in [3.8, 4) is 0 Å². The van der Waals surface area contributed by atoms with Crippen molar-refractivity contribution in [2.45, 2.75) is 51.5 Å². The molecule has 1 aliphatic heterocycles. The smallest absolute Gasteiger partial charge is 0.225 e. The van der Waals surface area contributed by atoms with Crippen LogP contribution in [0, 0.1) is 5.92 Å². The monoisotopic (exact) mass is 372 g/mol. The quantitative estimate of drug-likeness (QED) is 0.439. The van der Waals surface area contributed by atoms with Gasteiger partial charge in [0.1, 0.15) is 5.76 Å². The van der Waals surface area contributed by atoms with Crippen LogP contribution in [0.25, 0.3) is 0 Å². The van der Waals surface area contributed by atoms with E-state index in [1.807, 2.05) is 24.0 Å². The Kier molecular flexibility index (Phi) is 6.96. The molecule has 1 unspecified atom stereocenters. The maximum absolute atomic E-state index is 12.6. The first kappa shape index (κ1) is 19.5. The standard InChI is InChI=1S/C21H32N4O2/c1-16(2)14-23-21(22-11-9-19-8-5-13-27-19)24-18-10-12-25(15-18)20(26)17-6-3-4-7-17/h5,8,13,17-18H,1,3-4,6-7,9-12,14-15H2,2H3,(H2,22,23,24). The zero-order chi connectivity index (χ0) is 19.1. The van der Waals surface area contributed by atoms with Gasteiger partial charge >= 0.3 is 0 Å². The van der Waals surface area contributed by atoms with Gasteiger partial charge in [0, 0.05) is 38.0 Å². The van der Waals surface area contributed by atoms with E-state index >= 15 is 0 Å². The molecule has 1 aromatic rings. The molecule has 1 atom stereocenters. The van der Waals surface area contributed by atoms with Gasteiger partial charge in [0.05, 0.1) is 12.8 Å². The van der Waals surface area contributed by atoms with E-state index in [0.29, 0.717) is 12.5 Å². The Labute approximate surface area is 162 Å². The molecule has 1 saturated heterocycles. The zero-order valence-corrected chi connectivity index (χ0v) is 16.4. The van der Waals surface area contributed by atoms with Crippen LogP contribution in [-0.2, 0) is 11.2 Å². The number of nitrogens with one attached hydrogen (secondary N) is 2. The lowest BCUT2D eigenvalue weighted by Crippen LogP contribution is -2.46. The van der Waals surface area contributed by atoms with Crippen LogP contribution in [0.5, 0.6) is 0 Å². The number of nitrogens with zero attached hydrogens (tertiary/aromatic N) is 2. The average Bonchev–Trinajstić information content (AvgIpc) is 3.40. The van der Waals surface area contributed by atoms with Crippen molar-refractivity contribution in [1.29, 1.82) is 0 Å². The molecule has 0 bridgehead atoms. The van der Waals surface area contributed by atoms with Gasteiger partial charge in [0.25, 0.3) is 0 Å². The van der Waals surface area contributed by atoms with E-state index in [2.05, 4.69) is 22.2 Å². The second-order valence-electron chi connectivity index (χ2n) is 7.77. The fourth-order valence-electron chi connectivity index (χ4n) is 3.83. The number of hydrogen-bond donors (Lipinski definition) is 2. The van der Waals surface area contributed by atoms with Crippen molar-refractivity contribution >= 4 is 11.9 Å². The van der Waals surface area contributed by atoms with Gasteiger partial charge in [-0.1, -0.05) is 25.0 Å². The van der Waals surface area contributed by atoms with Crippen molar-refractivity contribution < 1.29 is 9.21 Å². The predicted molar refractivity (Wildman–Crippen MR) is 108 cm³/mol. The molecule has 2 heterocycles. The summed E-state index contributed by atoms with van der Waals surface area (Å²) in [7, 11) is 0. The molecule has 2 fully saturated rings. The molecular weight excluding hydrogens is 340 g/mol. The summed E-state index contributed by atoms with van der Waals surface area (Å²) in [6.45, 7) is 8.84. The normalized spacial score (nSPS) is 20.9. The lowest BCUT2D eigenvalue weighted by molar-refractivity contribution is -0.134. The van der Waals surface area contributed by atoms with Crippen LogP contribution in [0.1, 0.15) is 44.8 Å². The summed E-state index contributed by atoms with van der Waals surface area (Å²) in [5.41, 5.74) is 1.02. The van der Waals surface area contributed by atoms with E-state index in [9.17, 15) is 4.79 Å². The molecule has 1 aromatic heterocycles. The van der Waals surface area contributed by atoms with Crippen LogP contribution in [-0.4, -0.2) is 49.0 Å². The molecule has 2 N–H and O–H groups in total. The Morgan fingerprint density at radius 1 is 1.37 bits per heavy atom. The Morgan fingerprint density at radius 2 is 2.19 bits per heavy atom. The Balaban J connectivity index is 1.49. The third-order valence-electron chi connectivity index (χ3n) is 5.30. The fourth-order valence-corrected chi connectivity index (χ4v) is 3.83. The van der Waals surface area contributed by atoms with Gasteiger partial charge in [-0.2, -0.15) is 0 Å². The van der Waals surface area contributed by atoms with E-state index in [4.69, 9.17) is 4.42 Å². The van der Waals surface area contributed by atoms with Gasteiger partial charge in [0.15, 0.2) is 5.96 Å². The molecule has 1 saturated carbocycles. The Hall–Kier alpha value is -2.24. The van der Waals surface area contributed by atoms with E-state index in [1.165, 1.54) is 12.8 Å². The maximum atomic E-state index is 12.6. The number of carbonyl (C=O) groups excluding carboxylic acids is 1. The summed E-state index contributed by atoms with van der Waals surface area (Å²) in [5.74, 6) is 2.34. The number of amides is 1. The number of hydrogen-bond acceptors (Lipinski definition) is 3. The second-order valence-corrected chi connectivity index (χ2v) is 7.77. The first-order valence-electron chi connectivity index (χ1n) is 10.1. The van der Waals surface area contributed by atoms with Crippen LogP contribution in [0.4, 0.5) is 0 Å². The number of furan rings is 1. The van der Waals surface area contributed by atoms with Crippen LogP contribution in [0.3, 0.4) is 0 Å². The first-order valence-corrected chi connectivity index (χ1v) is 10.1. The van der Waals surface area contributed by atoms with Gasteiger partial charge < -0.3 is 20.0 Å². The summed E-state index contributed by atoms with van der Waals surface area (Å²) >= 11 is 0. The summed E-state index contributed by atoms with van der Waals surface area (Å²) < 4.78 is 5.38. The molecular formula is C21H32N4O2. The number of rotatable bonds is 7. The highest BCUT2D eigenvalue weighted by molar-refractivity contribution is 5.81. The molecule has 27 heavy (non-hydrogen) atoms. The largest absolute Gasteiger partial charge is 0.469 e. The summed E-state index contributed by atoms with van der Waals surface area (Å²) in [6.07, 6.45) is 7.98. The Morgan fingerprint density at radius 3 is 2.89 bits per heavy atom. The summed E-state index contributed by atoms with van der Waals surface area (Å²) in [4.78, 5) is 19.3. The van der Waals surface area contributed by atoms with Crippen LogP contribution < -0.4 is 10.6 Å². The van der Waals surface area contributed by atoms with Gasteiger partial charge in [-0.15, -0.1) is 0 Å². The van der Waals surface area contributed by atoms with E-state index < -0.39 is 0 Å². The fraction of sp³-hybridized carbons (Fsp3) is 0.619. The molecule has 2 aliphatic rings. The van der Waals surface area contributed by atoms with Crippen LogP contribution in [0.15, 0.2) is 40.0 Å². The number of aliphatic imine (C=N–C) groups is 1. The molecule has 3 rings (SSSR count). The second kappa shape index (κ2) is 9.62. The topological polar surface area (TPSA) is 69.9 Å². The van der Waals surface area contributed by atoms with Crippen molar-refractivity contribution in [2.75, 3.05) is 26.2 Å². The average molecular weight is 373 g/mol. The SMILES string of the molecule is C=C(C)CN=C(NCCc1ccco1)NC1CCN(C(=O)C2CCCC2)C1. The number of carbonyl (C=O) groups is 1. The van der Waals surface area contributed by atoms with Gasteiger partial charge in [-0.3, -0.25) is 4.79 Å². The van der Waals surface area contributed by atoms with E-state index in [1.54, 1.807) is 6.26 Å². The zero-order valence-electron chi connectivity index (χ0n) is 16.4. The maximum Gasteiger partial charge on any atom is 0.225 e. The minimum Gasteiger partial charge on any atom is -0.469 e. The van der Waals surface area contributed by atoms with Crippen LogP contribution in [0.2, 0.25) is 0 Å². The lowest BCUT2D eigenvalue weighted by atomic mass is 10.1. The molecule has 1 amide bonds. The van der Waals surface area contributed by atoms with E-state index in [0.717, 1.165) is 62.6 Å². The minimum atomic E-state index is 0.246.